The number of amides is 1. The molecule has 0 saturated heterocycles. The van der Waals surface area contributed by atoms with Crippen molar-refractivity contribution in [3.05, 3.63) is 56.1 Å². The van der Waals surface area contributed by atoms with Crippen molar-refractivity contribution in [2.75, 3.05) is 6.61 Å². The first kappa shape index (κ1) is 18.1. The Hall–Kier alpha value is -2.25. The smallest absolute Gasteiger partial charge is 0.317 e. The Morgan fingerprint density at radius 1 is 1.15 bits per heavy atom. The van der Waals surface area contributed by atoms with E-state index in [1.54, 1.807) is 6.92 Å². The molecule has 27 heavy (non-hydrogen) atoms. The quantitative estimate of drug-likeness (QED) is 0.628. The number of rotatable bonds is 4. The summed E-state index contributed by atoms with van der Waals surface area (Å²) in [5.41, 5.74) is 1.23. The Morgan fingerprint density at radius 2 is 1.85 bits per heavy atom. The van der Waals surface area contributed by atoms with Gasteiger partial charge in [0.05, 0.1) is 6.61 Å². The summed E-state index contributed by atoms with van der Waals surface area (Å²) in [7, 11) is 0. The first-order valence-electron chi connectivity index (χ1n) is 8.90. The Morgan fingerprint density at radius 3 is 2.48 bits per heavy atom. The van der Waals surface area contributed by atoms with Gasteiger partial charge in [0, 0.05) is 39.3 Å². The van der Waals surface area contributed by atoms with Gasteiger partial charge in [-0.25, -0.2) is 0 Å². The van der Waals surface area contributed by atoms with E-state index in [9.17, 15) is 14.4 Å². The van der Waals surface area contributed by atoms with Gasteiger partial charge in [-0.3, -0.25) is 14.4 Å². The molecule has 1 aliphatic heterocycles. The highest BCUT2D eigenvalue weighted by molar-refractivity contribution is 7.10. The van der Waals surface area contributed by atoms with E-state index in [4.69, 9.17) is 4.74 Å². The minimum atomic E-state index is -0.861. The number of esters is 1. The van der Waals surface area contributed by atoms with E-state index in [0.29, 0.717) is 17.7 Å². The van der Waals surface area contributed by atoms with E-state index in [0.717, 1.165) is 9.75 Å². The van der Waals surface area contributed by atoms with Gasteiger partial charge in [-0.2, -0.15) is 0 Å². The van der Waals surface area contributed by atoms with Crippen LogP contribution in [-0.2, 0) is 19.1 Å². The molecule has 1 aliphatic carbocycles. The maximum absolute atomic E-state index is 13.5. The predicted molar refractivity (Wildman–Crippen MR) is 104 cm³/mol. The molecule has 0 radical (unpaired) electrons. The normalized spacial score (nSPS) is 25.1. The topological polar surface area (TPSA) is 72.5 Å². The highest BCUT2D eigenvalue weighted by Gasteiger charge is 2.48. The molecule has 3 atom stereocenters. The molecule has 0 fully saturated rings. The van der Waals surface area contributed by atoms with Gasteiger partial charge in [0.2, 0.25) is 5.91 Å². The minimum absolute atomic E-state index is 0.0838. The van der Waals surface area contributed by atoms with Crippen LogP contribution in [0, 0.1) is 5.92 Å². The summed E-state index contributed by atoms with van der Waals surface area (Å²) in [6.07, 6.45) is 0.684. The highest BCUT2D eigenvalue weighted by Crippen LogP contribution is 2.47. The Bertz CT molecular complexity index is 899. The van der Waals surface area contributed by atoms with Crippen LogP contribution in [0.5, 0.6) is 0 Å². The summed E-state index contributed by atoms with van der Waals surface area (Å²) in [5.74, 6) is -2.24. The molecule has 5 nitrogen and oxygen atoms in total. The van der Waals surface area contributed by atoms with Crippen LogP contribution in [0.2, 0.25) is 0 Å². The molecule has 2 aromatic heterocycles. The van der Waals surface area contributed by atoms with E-state index in [2.05, 4.69) is 5.32 Å². The Balaban J connectivity index is 1.80. The summed E-state index contributed by atoms with van der Waals surface area (Å²) in [4.78, 5) is 40.4. The number of hydrogen-bond acceptors (Lipinski definition) is 6. The lowest BCUT2D eigenvalue weighted by Crippen LogP contribution is -2.44. The molecular weight excluding hydrogens is 382 g/mol. The van der Waals surface area contributed by atoms with Gasteiger partial charge in [0.1, 0.15) is 5.92 Å². The average Bonchev–Trinajstić information content (AvgIpc) is 3.34. The zero-order valence-electron chi connectivity index (χ0n) is 14.8. The molecule has 1 amide bonds. The molecule has 0 aromatic carbocycles. The van der Waals surface area contributed by atoms with Crippen LogP contribution in [-0.4, -0.2) is 24.3 Å². The van der Waals surface area contributed by atoms with Gasteiger partial charge in [0.15, 0.2) is 5.78 Å². The van der Waals surface area contributed by atoms with Crippen LogP contribution in [0.15, 0.2) is 46.3 Å². The van der Waals surface area contributed by atoms with Crippen molar-refractivity contribution in [1.29, 1.82) is 0 Å². The second-order valence-electron chi connectivity index (χ2n) is 6.63. The molecule has 0 unspecified atom stereocenters. The maximum Gasteiger partial charge on any atom is 0.317 e. The van der Waals surface area contributed by atoms with Gasteiger partial charge < -0.3 is 10.1 Å². The van der Waals surface area contributed by atoms with E-state index < -0.39 is 11.9 Å². The number of allylic oxidation sites excluding steroid dienone is 2. The lowest BCUT2D eigenvalue weighted by molar-refractivity contribution is -0.152. The molecule has 7 heteroatoms. The van der Waals surface area contributed by atoms with Crippen LogP contribution in [0.3, 0.4) is 0 Å². The molecular formula is C20H19NO4S2. The largest absolute Gasteiger partial charge is 0.465 e. The zero-order valence-corrected chi connectivity index (χ0v) is 16.4. The van der Waals surface area contributed by atoms with Crippen molar-refractivity contribution in [2.45, 2.75) is 31.6 Å². The fourth-order valence-corrected chi connectivity index (χ4v) is 5.66. The van der Waals surface area contributed by atoms with Gasteiger partial charge in [-0.1, -0.05) is 12.1 Å². The Labute approximate surface area is 165 Å². The molecule has 3 heterocycles. The Kier molecular flexibility index (Phi) is 4.97. The molecule has 0 saturated carbocycles. The number of thiophene rings is 2. The summed E-state index contributed by atoms with van der Waals surface area (Å²) in [5, 5.41) is 6.77. The number of ether oxygens (including phenoxy) is 1. The van der Waals surface area contributed by atoms with Crippen molar-refractivity contribution in [2.24, 2.45) is 5.92 Å². The summed E-state index contributed by atoms with van der Waals surface area (Å²) >= 11 is 3.04. The lowest BCUT2D eigenvalue weighted by Gasteiger charge is -2.37. The number of carbonyl (C=O) groups excluding carboxylic acids is 3. The number of ketones is 1. The highest BCUT2D eigenvalue weighted by atomic mass is 32.1. The van der Waals surface area contributed by atoms with E-state index >= 15 is 0 Å². The fraction of sp³-hybridized carbons (Fsp3) is 0.350. The number of nitrogens with one attached hydrogen (secondary N) is 1. The SMILES string of the molecule is CCOC(=O)[C@@H]1C(=O)C2=C(C[C@@H]1c1cccs1)NC(=O)C[C@H]2c1cccs1. The van der Waals surface area contributed by atoms with Crippen molar-refractivity contribution in [3.8, 4) is 0 Å². The van der Waals surface area contributed by atoms with Gasteiger partial charge in [-0.05, 0) is 36.2 Å². The van der Waals surface area contributed by atoms with Crippen LogP contribution in [0.25, 0.3) is 0 Å². The van der Waals surface area contributed by atoms with Crippen molar-refractivity contribution < 1.29 is 19.1 Å². The van der Waals surface area contributed by atoms with E-state index in [1.807, 2.05) is 35.0 Å². The molecule has 140 valence electrons. The van der Waals surface area contributed by atoms with Crippen molar-refractivity contribution in [1.82, 2.24) is 5.32 Å². The van der Waals surface area contributed by atoms with Gasteiger partial charge in [-0.15, -0.1) is 22.7 Å². The molecule has 0 spiro atoms. The third-order valence-corrected chi connectivity index (χ3v) is 7.05. The van der Waals surface area contributed by atoms with Crippen LogP contribution in [0.1, 0.15) is 41.4 Å². The van der Waals surface area contributed by atoms with E-state index in [-0.39, 0.29) is 36.6 Å². The monoisotopic (exact) mass is 401 g/mol. The molecule has 2 aromatic rings. The van der Waals surface area contributed by atoms with Gasteiger partial charge >= 0.3 is 5.97 Å². The number of Topliss-reactive ketones (excluding diaryl/α,β-unsaturated/α-hetero) is 1. The molecule has 1 N–H and O–H groups in total. The number of hydrogen-bond donors (Lipinski definition) is 1. The van der Waals surface area contributed by atoms with Crippen molar-refractivity contribution in [3.63, 3.8) is 0 Å². The fourth-order valence-electron chi connectivity index (χ4n) is 3.96. The lowest BCUT2D eigenvalue weighted by atomic mass is 9.70. The van der Waals surface area contributed by atoms with Crippen LogP contribution >= 0.6 is 22.7 Å². The maximum atomic E-state index is 13.5. The minimum Gasteiger partial charge on any atom is -0.465 e. The summed E-state index contributed by atoms with van der Waals surface area (Å²) in [6, 6.07) is 7.69. The van der Waals surface area contributed by atoms with E-state index in [1.165, 1.54) is 22.7 Å². The summed E-state index contributed by atoms with van der Waals surface area (Å²) < 4.78 is 5.24. The predicted octanol–water partition coefficient (Wildman–Crippen LogP) is 3.60. The van der Waals surface area contributed by atoms with Crippen LogP contribution in [0.4, 0.5) is 0 Å². The zero-order chi connectivity index (χ0) is 19.0. The second-order valence-corrected chi connectivity index (χ2v) is 8.59. The third-order valence-electron chi connectivity index (χ3n) is 5.06. The molecule has 0 bridgehead atoms. The summed E-state index contributed by atoms with van der Waals surface area (Å²) in [6.45, 7) is 1.97. The number of carbonyl (C=O) groups is 3. The third kappa shape index (κ3) is 3.26. The standard InChI is InChI=1S/C20H19NO4S2/c1-2-25-20(24)18-11(14-5-3-7-26-14)9-13-17(19(18)23)12(10-16(22)21-13)15-6-4-8-27-15/h3-8,11-12,18H,2,9-10H2,1H3,(H,21,22)/t11-,12+,18+/m1/s1. The first-order chi connectivity index (χ1) is 13.1. The molecule has 4 rings (SSSR count). The van der Waals surface area contributed by atoms with Gasteiger partial charge in [0.25, 0.3) is 0 Å². The molecule has 2 aliphatic rings. The van der Waals surface area contributed by atoms with Crippen molar-refractivity contribution >= 4 is 40.3 Å². The van der Waals surface area contributed by atoms with Crippen LogP contribution < -0.4 is 5.32 Å². The first-order valence-corrected chi connectivity index (χ1v) is 10.7. The average molecular weight is 402 g/mol. The second kappa shape index (κ2) is 7.40.